The molecule has 0 aliphatic rings. The van der Waals surface area contributed by atoms with Crippen molar-refractivity contribution in [3.05, 3.63) is 28.8 Å². The van der Waals surface area contributed by atoms with E-state index in [0.29, 0.717) is 5.75 Å². The van der Waals surface area contributed by atoms with Crippen LogP contribution in [-0.4, -0.2) is 30.0 Å². The lowest BCUT2D eigenvalue weighted by atomic mass is 10.1. The average molecular weight is 370 g/mol. The maximum absolute atomic E-state index is 12.8. The van der Waals surface area contributed by atoms with E-state index < -0.39 is 34.7 Å². The first kappa shape index (κ1) is 19.4. The van der Waals surface area contributed by atoms with E-state index in [-0.39, 0.29) is 12.1 Å². The van der Waals surface area contributed by atoms with E-state index in [2.05, 4.69) is 10.6 Å². The Morgan fingerprint density at radius 1 is 1.39 bits per heavy atom. The van der Waals surface area contributed by atoms with Crippen LogP contribution in [0.4, 0.5) is 23.7 Å². The number of amides is 3. The fourth-order valence-electron chi connectivity index (χ4n) is 1.73. The zero-order valence-corrected chi connectivity index (χ0v) is 13.6. The van der Waals surface area contributed by atoms with E-state index in [0.717, 1.165) is 12.1 Å². The standard InChI is InChI=1S/C13H15ClF3N3O2S/c1-23-5-4-10(20-12(18)22)11(21)19-7-2-3-9(14)8(6-7)13(15,16)17/h2-3,6,10H,4-5H2,1H3,(H,19,21)(H3,18,20,22)/t10-/m0/s1. The highest BCUT2D eigenvalue weighted by Gasteiger charge is 2.33. The van der Waals surface area contributed by atoms with Gasteiger partial charge in [0.2, 0.25) is 5.91 Å². The quantitative estimate of drug-likeness (QED) is 0.720. The van der Waals surface area contributed by atoms with Gasteiger partial charge in [0, 0.05) is 5.69 Å². The van der Waals surface area contributed by atoms with Crippen LogP contribution in [0.2, 0.25) is 5.02 Å². The normalized spacial score (nSPS) is 12.6. The molecule has 0 saturated carbocycles. The summed E-state index contributed by atoms with van der Waals surface area (Å²) in [7, 11) is 0. The lowest BCUT2D eigenvalue weighted by Gasteiger charge is -2.17. The minimum atomic E-state index is -4.64. The molecule has 23 heavy (non-hydrogen) atoms. The molecule has 0 heterocycles. The van der Waals surface area contributed by atoms with Gasteiger partial charge in [-0.25, -0.2) is 4.79 Å². The molecule has 1 aromatic carbocycles. The van der Waals surface area contributed by atoms with E-state index in [4.69, 9.17) is 17.3 Å². The van der Waals surface area contributed by atoms with Gasteiger partial charge in [0.15, 0.2) is 0 Å². The molecule has 128 valence electrons. The van der Waals surface area contributed by atoms with Crippen LogP contribution in [0.1, 0.15) is 12.0 Å². The molecular weight excluding hydrogens is 355 g/mol. The van der Waals surface area contributed by atoms with Crippen LogP contribution in [0.25, 0.3) is 0 Å². The van der Waals surface area contributed by atoms with E-state index in [1.54, 1.807) is 0 Å². The summed E-state index contributed by atoms with van der Waals surface area (Å²) in [5.41, 5.74) is 3.86. The summed E-state index contributed by atoms with van der Waals surface area (Å²) in [4.78, 5) is 23.0. The molecule has 1 atom stereocenters. The van der Waals surface area contributed by atoms with Gasteiger partial charge in [-0.3, -0.25) is 4.79 Å². The maximum Gasteiger partial charge on any atom is 0.417 e. The molecule has 0 fully saturated rings. The molecule has 3 amide bonds. The first-order valence-electron chi connectivity index (χ1n) is 6.37. The van der Waals surface area contributed by atoms with Crippen LogP contribution >= 0.6 is 23.4 Å². The number of hydrogen-bond donors (Lipinski definition) is 3. The molecule has 0 aliphatic heterocycles. The van der Waals surface area contributed by atoms with Crippen molar-refractivity contribution in [3.8, 4) is 0 Å². The fourth-order valence-corrected chi connectivity index (χ4v) is 2.42. The number of hydrogen-bond acceptors (Lipinski definition) is 3. The molecule has 4 N–H and O–H groups in total. The van der Waals surface area contributed by atoms with Gasteiger partial charge in [-0.2, -0.15) is 24.9 Å². The summed E-state index contributed by atoms with van der Waals surface area (Å²) in [6, 6.07) is 1.18. The third kappa shape index (κ3) is 6.19. The number of carbonyl (C=O) groups is 2. The van der Waals surface area contributed by atoms with Crippen LogP contribution in [0, 0.1) is 0 Å². The highest BCUT2D eigenvalue weighted by molar-refractivity contribution is 7.98. The monoisotopic (exact) mass is 369 g/mol. The molecule has 0 saturated heterocycles. The fraction of sp³-hybridized carbons (Fsp3) is 0.385. The number of urea groups is 1. The van der Waals surface area contributed by atoms with Crippen LogP contribution in [0.3, 0.4) is 0 Å². The van der Waals surface area contributed by atoms with Crippen molar-refractivity contribution < 1.29 is 22.8 Å². The molecule has 1 rings (SSSR count). The van der Waals surface area contributed by atoms with E-state index in [1.807, 2.05) is 6.26 Å². The Balaban J connectivity index is 2.91. The zero-order valence-electron chi connectivity index (χ0n) is 12.0. The molecule has 0 spiro atoms. The second-order valence-corrected chi connectivity index (χ2v) is 5.92. The molecule has 5 nitrogen and oxygen atoms in total. The number of rotatable bonds is 6. The summed E-state index contributed by atoms with van der Waals surface area (Å²) in [6.45, 7) is 0. The summed E-state index contributed by atoms with van der Waals surface area (Å²) < 4.78 is 38.4. The number of thioether (sulfide) groups is 1. The number of primary amides is 1. The van der Waals surface area contributed by atoms with Crippen LogP contribution < -0.4 is 16.4 Å². The third-order valence-corrected chi connectivity index (χ3v) is 3.76. The average Bonchev–Trinajstić information content (AvgIpc) is 2.43. The van der Waals surface area contributed by atoms with Crippen molar-refractivity contribution in [2.45, 2.75) is 18.6 Å². The van der Waals surface area contributed by atoms with Crippen LogP contribution in [0.5, 0.6) is 0 Å². The molecule has 10 heteroatoms. The number of benzene rings is 1. The topological polar surface area (TPSA) is 84.2 Å². The highest BCUT2D eigenvalue weighted by Crippen LogP contribution is 2.36. The number of carbonyl (C=O) groups excluding carboxylic acids is 2. The van der Waals surface area contributed by atoms with Crippen LogP contribution in [-0.2, 0) is 11.0 Å². The number of alkyl halides is 3. The van der Waals surface area contributed by atoms with Crippen LogP contribution in [0.15, 0.2) is 18.2 Å². The van der Waals surface area contributed by atoms with Crippen molar-refractivity contribution >= 4 is 41.0 Å². The summed E-state index contributed by atoms with van der Waals surface area (Å²) in [6.07, 6.45) is -2.54. The third-order valence-electron chi connectivity index (χ3n) is 2.78. The Kier molecular flexibility index (Phi) is 7.01. The maximum atomic E-state index is 12.8. The van der Waals surface area contributed by atoms with Gasteiger partial charge in [0.25, 0.3) is 0 Å². The number of nitrogens with two attached hydrogens (primary N) is 1. The van der Waals surface area contributed by atoms with E-state index in [9.17, 15) is 22.8 Å². The Bertz CT molecular complexity index is 584. The van der Waals surface area contributed by atoms with Gasteiger partial charge in [0.1, 0.15) is 6.04 Å². The van der Waals surface area contributed by atoms with Crippen molar-refractivity contribution in [3.63, 3.8) is 0 Å². The predicted octanol–water partition coefficient (Wildman–Crippen LogP) is 3.09. The van der Waals surface area contributed by atoms with E-state index in [1.165, 1.54) is 17.8 Å². The van der Waals surface area contributed by atoms with Gasteiger partial charge in [-0.15, -0.1) is 0 Å². The van der Waals surface area contributed by atoms with Crippen molar-refractivity contribution in [2.75, 3.05) is 17.3 Å². The largest absolute Gasteiger partial charge is 0.417 e. The minimum Gasteiger partial charge on any atom is -0.352 e. The van der Waals surface area contributed by atoms with Crippen molar-refractivity contribution in [1.29, 1.82) is 0 Å². The molecule has 1 aromatic rings. The summed E-state index contributed by atoms with van der Waals surface area (Å²) in [5, 5.41) is 4.11. The minimum absolute atomic E-state index is 0.0767. The first-order chi connectivity index (χ1) is 10.6. The molecule has 0 bridgehead atoms. The van der Waals surface area contributed by atoms with Gasteiger partial charge in [0.05, 0.1) is 10.6 Å². The Labute approximate surface area is 140 Å². The predicted molar refractivity (Wildman–Crippen MR) is 84.6 cm³/mol. The number of nitrogens with one attached hydrogen (secondary N) is 2. The highest BCUT2D eigenvalue weighted by atomic mass is 35.5. The lowest BCUT2D eigenvalue weighted by Crippen LogP contribution is -2.46. The summed E-state index contributed by atoms with van der Waals surface area (Å²) in [5.74, 6) is -0.0967. The Morgan fingerprint density at radius 3 is 2.57 bits per heavy atom. The molecule has 0 radical (unpaired) electrons. The number of halogens is 4. The second kappa shape index (κ2) is 8.30. The second-order valence-electron chi connectivity index (χ2n) is 4.52. The molecule has 0 aromatic heterocycles. The Morgan fingerprint density at radius 2 is 2.04 bits per heavy atom. The molecule has 0 aliphatic carbocycles. The zero-order chi connectivity index (χ0) is 17.6. The SMILES string of the molecule is CSCC[C@H](NC(N)=O)C(=O)Nc1ccc(Cl)c(C(F)(F)F)c1. The van der Waals surface area contributed by atoms with E-state index >= 15 is 0 Å². The molecule has 0 unspecified atom stereocenters. The summed E-state index contributed by atoms with van der Waals surface area (Å²) >= 11 is 6.96. The van der Waals surface area contributed by atoms with Gasteiger partial charge in [-0.05, 0) is 36.6 Å². The molecular formula is C13H15ClF3N3O2S. The Hall–Kier alpha value is -1.61. The van der Waals surface area contributed by atoms with Gasteiger partial charge < -0.3 is 16.4 Å². The van der Waals surface area contributed by atoms with Gasteiger partial charge >= 0.3 is 12.2 Å². The lowest BCUT2D eigenvalue weighted by molar-refractivity contribution is -0.137. The van der Waals surface area contributed by atoms with Gasteiger partial charge in [-0.1, -0.05) is 11.6 Å². The first-order valence-corrected chi connectivity index (χ1v) is 8.15. The smallest absolute Gasteiger partial charge is 0.352 e. The number of anilines is 1. The van der Waals surface area contributed by atoms with Crippen molar-refractivity contribution in [1.82, 2.24) is 5.32 Å². The van der Waals surface area contributed by atoms with Crippen molar-refractivity contribution in [2.24, 2.45) is 5.73 Å².